The normalized spacial score (nSPS) is 26.7. The van der Waals surface area contributed by atoms with Gasteiger partial charge in [-0.2, -0.15) is 0 Å². The third-order valence-electron chi connectivity index (χ3n) is 6.73. The second kappa shape index (κ2) is 8.18. The largest absolute Gasteiger partial charge is 0.348 e. The third-order valence-corrected chi connectivity index (χ3v) is 6.73. The molecule has 0 aliphatic carbocycles. The molecule has 3 aliphatic heterocycles. The van der Waals surface area contributed by atoms with Crippen LogP contribution in [0.25, 0.3) is 10.8 Å². The Kier molecular flexibility index (Phi) is 5.35. The van der Waals surface area contributed by atoms with Crippen molar-refractivity contribution in [2.45, 2.75) is 44.1 Å². The van der Waals surface area contributed by atoms with Gasteiger partial charge in [0.15, 0.2) is 6.29 Å². The van der Waals surface area contributed by atoms with Gasteiger partial charge in [0.1, 0.15) is 12.1 Å². The first-order valence-corrected chi connectivity index (χ1v) is 11.1. The first-order chi connectivity index (χ1) is 15.5. The number of benzene rings is 2. The molecule has 0 saturated carbocycles. The molecule has 2 unspecified atom stereocenters. The Hall–Kier alpha value is -2.97. The molecular formula is C24H27N3O5. The summed E-state index contributed by atoms with van der Waals surface area (Å²) >= 11 is 0. The Bertz CT molecular complexity index is 1070. The third kappa shape index (κ3) is 3.53. The molecule has 0 aromatic heterocycles. The van der Waals surface area contributed by atoms with Gasteiger partial charge >= 0.3 is 6.03 Å². The molecule has 2 atom stereocenters. The maximum Gasteiger partial charge on any atom is 0.325 e. The zero-order valence-electron chi connectivity index (χ0n) is 18.1. The summed E-state index contributed by atoms with van der Waals surface area (Å²) in [5.41, 5.74) is -0.534. The summed E-state index contributed by atoms with van der Waals surface area (Å²) < 4.78 is 11.3. The van der Waals surface area contributed by atoms with E-state index in [-0.39, 0.29) is 18.5 Å². The van der Waals surface area contributed by atoms with Gasteiger partial charge in [0.25, 0.3) is 5.91 Å². The van der Waals surface area contributed by atoms with E-state index in [0.717, 1.165) is 34.9 Å². The Balaban J connectivity index is 1.35. The number of imide groups is 1. The first-order valence-electron chi connectivity index (χ1n) is 11.1. The number of piperidine rings is 1. The fourth-order valence-corrected chi connectivity index (χ4v) is 4.91. The van der Waals surface area contributed by atoms with Gasteiger partial charge in [0, 0.05) is 6.54 Å². The average Bonchev–Trinajstić information content (AvgIpc) is 3.42. The predicted octanol–water partition coefficient (Wildman–Crippen LogP) is 2.36. The highest BCUT2D eigenvalue weighted by Gasteiger charge is 2.50. The van der Waals surface area contributed by atoms with Crippen LogP contribution in [0, 0.1) is 0 Å². The molecule has 2 aromatic rings. The smallest absolute Gasteiger partial charge is 0.325 e. The van der Waals surface area contributed by atoms with E-state index in [4.69, 9.17) is 9.47 Å². The lowest BCUT2D eigenvalue weighted by molar-refractivity contribution is -0.152. The number of nitrogens with one attached hydrogen (secondary N) is 1. The molecule has 32 heavy (non-hydrogen) atoms. The molecule has 4 amide bonds. The van der Waals surface area contributed by atoms with Crippen molar-refractivity contribution in [3.8, 4) is 0 Å². The van der Waals surface area contributed by atoms with E-state index < -0.39 is 23.8 Å². The van der Waals surface area contributed by atoms with Crippen LogP contribution in [-0.2, 0) is 24.6 Å². The van der Waals surface area contributed by atoms with Crippen LogP contribution >= 0.6 is 0 Å². The minimum atomic E-state index is -1.22. The Morgan fingerprint density at radius 2 is 1.84 bits per heavy atom. The van der Waals surface area contributed by atoms with Crippen molar-refractivity contribution in [2.24, 2.45) is 0 Å². The summed E-state index contributed by atoms with van der Waals surface area (Å²) in [5, 5.41) is 4.84. The van der Waals surface area contributed by atoms with Gasteiger partial charge in [-0.25, -0.2) is 4.79 Å². The van der Waals surface area contributed by atoms with E-state index in [2.05, 4.69) is 5.32 Å². The lowest BCUT2D eigenvalue weighted by Crippen LogP contribution is -2.53. The van der Waals surface area contributed by atoms with Crippen LogP contribution in [0.1, 0.15) is 31.7 Å². The molecule has 0 bridgehead atoms. The van der Waals surface area contributed by atoms with E-state index in [1.165, 1.54) is 0 Å². The summed E-state index contributed by atoms with van der Waals surface area (Å²) in [6.45, 7) is 2.99. The van der Waals surface area contributed by atoms with Crippen molar-refractivity contribution < 1.29 is 23.9 Å². The van der Waals surface area contributed by atoms with Gasteiger partial charge in [0.05, 0.1) is 19.3 Å². The van der Waals surface area contributed by atoms with E-state index in [1.807, 2.05) is 42.5 Å². The molecule has 5 rings (SSSR count). The van der Waals surface area contributed by atoms with Crippen molar-refractivity contribution in [1.82, 2.24) is 15.1 Å². The number of urea groups is 1. The van der Waals surface area contributed by atoms with Crippen molar-refractivity contribution in [2.75, 3.05) is 26.3 Å². The van der Waals surface area contributed by atoms with Gasteiger partial charge in [-0.05, 0) is 48.6 Å². The Morgan fingerprint density at radius 1 is 1.09 bits per heavy atom. The number of ether oxygens (including phenoxy) is 2. The summed E-state index contributed by atoms with van der Waals surface area (Å²) in [6, 6.07) is 12.8. The van der Waals surface area contributed by atoms with Crippen molar-refractivity contribution in [1.29, 1.82) is 0 Å². The number of amides is 4. The van der Waals surface area contributed by atoms with Crippen LogP contribution in [0.15, 0.2) is 42.5 Å². The molecule has 3 heterocycles. The van der Waals surface area contributed by atoms with Crippen LogP contribution in [-0.4, -0.2) is 66.3 Å². The summed E-state index contributed by atoms with van der Waals surface area (Å²) in [7, 11) is 0. The molecule has 1 N–H and O–H groups in total. The standard InChI is InChI=1S/C24H27N3O5/c1-24(18-10-9-16-6-2-3-7-17(16)14-18)22(29)27(23(30)25-24)15-20(28)26-11-5-4-8-19(26)21-31-12-13-32-21/h2-3,6-7,9-10,14,19,21H,4-5,8,11-13,15H2,1H3,(H,25,30). The van der Waals surface area contributed by atoms with Gasteiger partial charge in [-0.3, -0.25) is 14.5 Å². The molecule has 8 nitrogen and oxygen atoms in total. The fraction of sp³-hybridized carbons (Fsp3) is 0.458. The van der Waals surface area contributed by atoms with Gasteiger partial charge in [0.2, 0.25) is 5.91 Å². The number of carbonyl (C=O) groups is 3. The van der Waals surface area contributed by atoms with E-state index in [0.29, 0.717) is 25.3 Å². The SMILES string of the molecule is CC1(c2ccc3ccccc3c2)NC(=O)N(CC(=O)N2CCCCC2C2OCCO2)C1=O. The summed E-state index contributed by atoms with van der Waals surface area (Å²) in [4.78, 5) is 42.0. The zero-order chi connectivity index (χ0) is 22.3. The molecular weight excluding hydrogens is 410 g/mol. The number of hydrogen-bond acceptors (Lipinski definition) is 5. The lowest BCUT2D eigenvalue weighted by Gasteiger charge is -2.38. The molecule has 0 spiro atoms. The number of nitrogens with zero attached hydrogens (tertiary/aromatic N) is 2. The van der Waals surface area contributed by atoms with Crippen LogP contribution in [0.5, 0.6) is 0 Å². The molecule has 3 fully saturated rings. The highest BCUT2D eigenvalue weighted by atomic mass is 16.7. The van der Waals surface area contributed by atoms with Crippen LogP contribution in [0.3, 0.4) is 0 Å². The zero-order valence-corrected chi connectivity index (χ0v) is 18.1. The maximum atomic E-state index is 13.4. The molecule has 0 radical (unpaired) electrons. The second-order valence-electron chi connectivity index (χ2n) is 8.77. The van der Waals surface area contributed by atoms with E-state index in [1.54, 1.807) is 11.8 Å². The lowest BCUT2D eigenvalue weighted by atomic mass is 9.90. The number of hydrogen-bond donors (Lipinski definition) is 1. The van der Waals surface area contributed by atoms with Crippen LogP contribution < -0.4 is 5.32 Å². The molecule has 168 valence electrons. The fourth-order valence-electron chi connectivity index (χ4n) is 4.91. The number of likely N-dealkylation sites (tertiary alicyclic amines) is 1. The minimum Gasteiger partial charge on any atom is -0.348 e. The predicted molar refractivity (Wildman–Crippen MR) is 117 cm³/mol. The van der Waals surface area contributed by atoms with Crippen molar-refractivity contribution in [3.63, 3.8) is 0 Å². The highest BCUT2D eigenvalue weighted by molar-refractivity contribution is 6.09. The number of fused-ring (bicyclic) bond motifs is 1. The average molecular weight is 437 g/mol. The molecule has 2 aromatic carbocycles. The number of carbonyl (C=O) groups excluding carboxylic acids is 3. The van der Waals surface area contributed by atoms with Crippen molar-refractivity contribution >= 4 is 28.6 Å². The Labute approximate surface area is 186 Å². The van der Waals surface area contributed by atoms with Crippen LogP contribution in [0.2, 0.25) is 0 Å². The summed E-state index contributed by atoms with van der Waals surface area (Å²) in [6.07, 6.45) is 2.21. The first kappa shape index (κ1) is 20.9. The van der Waals surface area contributed by atoms with Crippen LogP contribution in [0.4, 0.5) is 4.79 Å². The molecule has 8 heteroatoms. The van der Waals surface area contributed by atoms with Gasteiger partial charge in [-0.1, -0.05) is 36.4 Å². The molecule has 3 saturated heterocycles. The maximum absolute atomic E-state index is 13.4. The second-order valence-corrected chi connectivity index (χ2v) is 8.77. The molecule has 3 aliphatic rings. The van der Waals surface area contributed by atoms with Gasteiger partial charge in [-0.15, -0.1) is 0 Å². The quantitative estimate of drug-likeness (QED) is 0.742. The van der Waals surface area contributed by atoms with E-state index in [9.17, 15) is 14.4 Å². The monoisotopic (exact) mass is 437 g/mol. The van der Waals surface area contributed by atoms with Gasteiger partial charge < -0.3 is 19.7 Å². The Morgan fingerprint density at radius 3 is 2.62 bits per heavy atom. The van der Waals surface area contributed by atoms with E-state index >= 15 is 0 Å². The van der Waals surface area contributed by atoms with Crippen molar-refractivity contribution in [3.05, 3.63) is 48.0 Å². The minimum absolute atomic E-state index is 0.189. The summed E-state index contributed by atoms with van der Waals surface area (Å²) in [5.74, 6) is -0.687. The number of rotatable bonds is 4. The highest BCUT2D eigenvalue weighted by Crippen LogP contribution is 2.31. The topological polar surface area (TPSA) is 88.2 Å².